The molecule has 2 heterocycles. The number of methoxy groups -OCH3 is 1. The van der Waals surface area contributed by atoms with Crippen LogP contribution in [0.2, 0.25) is 5.02 Å². The second kappa shape index (κ2) is 10.0. The van der Waals surface area contributed by atoms with Crippen LogP contribution in [0.3, 0.4) is 0 Å². The van der Waals surface area contributed by atoms with Gasteiger partial charge in [-0.15, -0.1) is 12.4 Å². The van der Waals surface area contributed by atoms with E-state index in [2.05, 4.69) is 33.7 Å². The maximum Gasteiger partial charge on any atom is 0.123 e. The number of rotatable bonds is 5. The molecule has 170 valence electrons. The molecule has 1 aromatic heterocycles. The van der Waals surface area contributed by atoms with E-state index in [0.717, 1.165) is 59.3 Å². The summed E-state index contributed by atoms with van der Waals surface area (Å²) in [6, 6.07) is 25.2. The van der Waals surface area contributed by atoms with Crippen LogP contribution in [0.15, 0.2) is 78.9 Å². The number of ether oxygens (including phenoxy) is 1. The summed E-state index contributed by atoms with van der Waals surface area (Å²) < 4.78 is 20.9. The number of halogens is 3. The topological polar surface area (TPSA) is 17.4 Å². The summed E-state index contributed by atoms with van der Waals surface area (Å²) in [5.74, 6) is 0.635. The van der Waals surface area contributed by atoms with E-state index in [1.165, 1.54) is 23.4 Å². The molecule has 0 unspecified atom stereocenters. The van der Waals surface area contributed by atoms with E-state index < -0.39 is 0 Å². The standard InChI is InChI=1S/C27H24ClFN2O.ClH/c1-32-23-12-8-20(9-13-23)27-16-21-18-30(17-19-6-10-22(29)11-7-19)15-14-25(21)31(27)26-5-3-2-4-24(26)28;/h2-13,16H,14-15,17-18H2,1H3;1H. The quantitative estimate of drug-likeness (QED) is 0.307. The molecular formula is C27H25Cl2FN2O. The minimum Gasteiger partial charge on any atom is -0.497 e. The smallest absolute Gasteiger partial charge is 0.123 e. The molecule has 33 heavy (non-hydrogen) atoms. The van der Waals surface area contributed by atoms with Crippen molar-refractivity contribution in [2.45, 2.75) is 19.5 Å². The van der Waals surface area contributed by atoms with Crippen LogP contribution in [0, 0.1) is 5.82 Å². The highest BCUT2D eigenvalue weighted by Gasteiger charge is 2.24. The average molecular weight is 483 g/mol. The zero-order valence-electron chi connectivity index (χ0n) is 18.3. The molecule has 5 rings (SSSR count). The molecule has 0 N–H and O–H groups in total. The van der Waals surface area contributed by atoms with Crippen LogP contribution in [0.5, 0.6) is 5.75 Å². The summed E-state index contributed by atoms with van der Waals surface area (Å²) in [5, 5.41) is 0.731. The third-order valence-corrected chi connectivity index (χ3v) is 6.37. The number of aromatic nitrogens is 1. The second-order valence-electron chi connectivity index (χ2n) is 8.10. The molecule has 0 atom stereocenters. The van der Waals surface area contributed by atoms with Gasteiger partial charge in [0, 0.05) is 31.7 Å². The van der Waals surface area contributed by atoms with Gasteiger partial charge in [-0.25, -0.2) is 4.39 Å². The van der Waals surface area contributed by atoms with Gasteiger partial charge in [-0.1, -0.05) is 35.9 Å². The van der Waals surface area contributed by atoms with Crippen LogP contribution in [0.25, 0.3) is 16.9 Å². The van der Waals surface area contributed by atoms with Gasteiger partial charge in [0.05, 0.1) is 23.5 Å². The number of para-hydroxylation sites is 1. The first-order valence-corrected chi connectivity index (χ1v) is 11.1. The normalized spacial score (nSPS) is 13.3. The van der Waals surface area contributed by atoms with Crippen molar-refractivity contribution in [1.29, 1.82) is 0 Å². The lowest BCUT2D eigenvalue weighted by atomic mass is 10.1. The van der Waals surface area contributed by atoms with Gasteiger partial charge in [0.25, 0.3) is 0 Å². The van der Waals surface area contributed by atoms with Crippen molar-refractivity contribution in [3.05, 3.63) is 107 Å². The van der Waals surface area contributed by atoms with Crippen molar-refractivity contribution < 1.29 is 9.13 Å². The summed E-state index contributed by atoms with van der Waals surface area (Å²) in [4.78, 5) is 2.41. The highest BCUT2D eigenvalue weighted by Crippen LogP contribution is 2.36. The van der Waals surface area contributed by atoms with E-state index in [4.69, 9.17) is 16.3 Å². The Morgan fingerprint density at radius 3 is 2.39 bits per heavy atom. The number of hydrogen-bond acceptors (Lipinski definition) is 2. The van der Waals surface area contributed by atoms with E-state index >= 15 is 0 Å². The maximum absolute atomic E-state index is 13.3. The molecule has 0 amide bonds. The zero-order valence-corrected chi connectivity index (χ0v) is 19.9. The van der Waals surface area contributed by atoms with Gasteiger partial charge in [-0.05, 0) is 71.3 Å². The molecule has 0 spiro atoms. The van der Waals surface area contributed by atoms with Crippen molar-refractivity contribution in [1.82, 2.24) is 9.47 Å². The minimum absolute atomic E-state index is 0. The number of fused-ring (bicyclic) bond motifs is 1. The first-order chi connectivity index (χ1) is 15.6. The molecule has 0 saturated heterocycles. The lowest BCUT2D eigenvalue weighted by Gasteiger charge is -2.28. The molecule has 0 bridgehead atoms. The predicted octanol–water partition coefficient (Wildman–Crippen LogP) is 6.93. The lowest BCUT2D eigenvalue weighted by Crippen LogP contribution is -2.30. The van der Waals surface area contributed by atoms with E-state index in [1.807, 2.05) is 42.5 Å². The first kappa shape index (κ1) is 23.4. The van der Waals surface area contributed by atoms with Crippen molar-refractivity contribution in [2.75, 3.05) is 13.7 Å². The summed E-state index contributed by atoms with van der Waals surface area (Å²) in [5.41, 5.74) is 6.94. The van der Waals surface area contributed by atoms with Gasteiger partial charge >= 0.3 is 0 Å². The average Bonchev–Trinajstić information content (AvgIpc) is 3.19. The van der Waals surface area contributed by atoms with Gasteiger partial charge in [0.2, 0.25) is 0 Å². The van der Waals surface area contributed by atoms with Crippen molar-refractivity contribution >= 4 is 24.0 Å². The molecule has 3 nitrogen and oxygen atoms in total. The van der Waals surface area contributed by atoms with Crippen molar-refractivity contribution in [3.63, 3.8) is 0 Å². The molecule has 0 fully saturated rings. The maximum atomic E-state index is 13.3. The number of hydrogen-bond donors (Lipinski definition) is 0. The Morgan fingerprint density at radius 2 is 1.70 bits per heavy atom. The van der Waals surface area contributed by atoms with Crippen LogP contribution < -0.4 is 4.74 Å². The van der Waals surface area contributed by atoms with Gasteiger partial charge in [0.15, 0.2) is 0 Å². The fourth-order valence-corrected chi connectivity index (χ4v) is 4.68. The van der Waals surface area contributed by atoms with E-state index in [-0.39, 0.29) is 18.2 Å². The molecule has 0 aliphatic carbocycles. The predicted molar refractivity (Wildman–Crippen MR) is 134 cm³/mol. The fraction of sp³-hybridized carbons (Fsp3) is 0.185. The number of nitrogens with zero attached hydrogens (tertiary/aromatic N) is 2. The highest BCUT2D eigenvalue weighted by molar-refractivity contribution is 6.32. The van der Waals surface area contributed by atoms with E-state index in [0.29, 0.717) is 0 Å². The monoisotopic (exact) mass is 482 g/mol. The van der Waals surface area contributed by atoms with Gasteiger partial charge < -0.3 is 9.30 Å². The summed E-state index contributed by atoms with van der Waals surface area (Å²) in [6.07, 6.45) is 0.915. The van der Waals surface area contributed by atoms with Gasteiger partial charge in [0.1, 0.15) is 11.6 Å². The Hall–Kier alpha value is -2.79. The molecule has 1 aliphatic rings. The van der Waals surface area contributed by atoms with E-state index in [1.54, 1.807) is 7.11 Å². The SMILES string of the molecule is COc1ccc(-c2cc3c(n2-c2ccccc2Cl)CCN(Cc2ccc(F)cc2)C3)cc1.Cl. The van der Waals surface area contributed by atoms with Crippen LogP contribution >= 0.6 is 24.0 Å². The third-order valence-electron chi connectivity index (χ3n) is 6.05. The molecular weight excluding hydrogens is 458 g/mol. The summed E-state index contributed by atoms with van der Waals surface area (Å²) in [7, 11) is 1.68. The van der Waals surface area contributed by atoms with Crippen LogP contribution in [-0.4, -0.2) is 23.1 Å². The fourth-order valence-electron chi connectivity index (χ4n) is 4.46. The van der Waals surface area contributed by atoms with E-state index in [9.17, 15) is 4.39 Å². The second-order valence-corrected chi connectivity index (χ2v) is 8.51. The Morgan fingerprint density at radius 1 is 0.970 bits per heavy atom. The van der Waals surface area contributed by atoms with Gasteiger partial charge in [-0.2, -0.15) is 0 Å². The molecule has 3 aromatic carbocycles. The highest BCUT2D eigenvalue weighted by atomic mass is 35.5. The first-order valence-electron chi connectivity index (χ1n) is 10.7. The largest absolute Gasteiger partial charge is 0.497 e. The lowest BCUT2D eigenvalue weighted by molar-refractivity contribution is 0.243. The minimum atomic E-state index is -0.198. The van der Waals surface area contributed by atoms with Gasteiger partial charge in [-0.3, -0.25) is 4.90 Å². The van der Waals surface area contributed by atoms with Crippen molar-refractivity contribution in [3.8, 4) is 22.7 Å². The Kier molecular flexibility index (Phi) is 7.08. The molecule has 1 aliphatic heterocycles. The summed E-state index contributed by atoms with van der Waals surface area (Å²) in [6.45, 7) is 2.57. The van der Waals surface area contributed by atoms with Crippen LogP contribution in [-0.2, 0) is 19.5 Å². The third kappa shape index (κ3) is 4.79. The molecule has 6 heteroatoms. The van der Waals surface area contributed by atoms with Crippen LogP contribution in [0.1, 0.15) is 16.8 Å². The molecule has 0 radical (unpaired) electrons. The Bertz CT molecular complexity index is 1240. The number of benzene rings is 3. The Balaban J connectivity index is 0.00000259. The van der Waals surface area contributed by atoms with Crippen LogP contribution in [0.4, 0.5) is 4.39 Å². The van der Waals surface area contributed by atoms with Crippen molar-refractivity contribution in [2.24, 2.45) is 0 Å². The molecule has 0 saturated carbocycles. The summed E-state index contributed by atoms with van der Waals surface area (Å²) >= 11 is 6.63. The zero-order chi connectivity index (χ0) is 22.1. The molecule has 4 aromatic rings. The Labute approximate surface area is 204 Å².